The molecule has 1 fully saturated rings. The summed E-state index contributed by atoms with van der Waals surface area (Å²) in [5.74, 6) is 5.04. The lowest BCUT2D eigenvalue weighted by atomic mass is 10.2. The summed E-state index contributed by atoms with van der Waals surface area (Å²) in [6.07, 6.45) is 3.16. The normalized spacial score (nSPS) is 17.7. The summed E-state index contributed by atoms with van der Waals surface area (Å²) in [6.45, 7) is 0. The van der Waals surface area contributed by atoms with Crippen LogP contribution in [0.15, 0.2) is 18.3 Å². The van der Waals surface area contributed by atoms with E-state index < -0.39 is 0 Å². The van der Waals surface area contributed by atoms with Gasteiger partial charge in [-0.15, -0.1) is 12.4 Å². The van der Waals surface area contributed by atoms with Gasteiger partial charge in [0.25, 0.3) is 0 Å². The Morgan fingerprint density at radius 3 is 2.54 bits per heavy atom. The number of nitrogens with two attached hydrogens (primary N) is 1. The number of halogens is 2. The molecule has 13 heavy (non-hydrogen) atoms. The van der Waals surface area contributed by atoms with Crippen molar-refractivity contribution < 1.29 is 4.39 Å². The molecule has 3 nitrogen and oxygen atoms in total. The van der Waals surface area contributed by atoms with E-state index in [4.69, 9.17) is 5.84 Å². The van der Waals surface area contributed by atoms with Crippen LogP contribution >= 0.6 is 12.4 Å². The van der Waals surface area contributed by atoms with Crippen molar-refractivity contribution in [2.24, 2.45) is 5.84 Å². The Kier molecular flexibility index (Phi) is 2.85. The first-order valence-electron chi connectivity index (χ1n) is 3.87. The molecule has 1 aromatic rings. The molecule has 0 unspecified atom stereocenters. The van der Waals surface area contributed by atoms with Crippen LogP contribution in [0.4, 0.5) is 4.39 Å². The van der Waals surface area contributed by atoms with Gasteiger partial charge in [0.15, 0.2) is 0 Å². The number of nitrogens with one attached hydrogen (secondary N) is 1. The maximum Gasteiger partial charge on any atom is 0.141 e. The van der Waals surface area contributed by atoms with Gasteiger partial charge in [-0.05, 0) is 25.0 Å². The Morgan fingerprint density at radius 2 is 2.15 bits per heavy atom. The highest BCUT2D eigenvalue weighted by atomic mass is 35.5. The first kappa shape index (κ1) is 10.4. The molecule has 1 saturated carbocycles. The third kappa shape index (κ3) is 1.80. The fourth-order valence-electron chi connectivity index (χ4n) is 1.26. The van der Waals surface area contributed by atoms with Crippen molar-refractivity contribution in [1.82, 2.24) is 10.4 Å². The van der Waals surface area contributed by atoms with Gasteiger partial charge in [0.1, 0.15) is 5.82 Å². The van der Waals surface area contributed by atoms with Crippen LogP contribution in [0.2, 0.25) is 0 Å². The average Bonchev–Trinajstić information content (AvgIpc) is 2.86. The zero-order valence-corrected chi connectivity index (χ0v) is 7.77. The van der Waals surface area contributed by atoms with Crippen molar-refractivity contribution in [3.63, 3.8) is 0 Å². The highest BCUT2D eigenvalue weighted by Crippen LogP contribution is 2.43. The van der Waals surface area contributed by atoms with Crippen molar-refractivity contribution in [2.75, 3.05) is 0 Å². The van der Waals surface area contributed by atoms with Crippen LogP contribution in [0.25, 0.3) is 0 Å². The molecule has 2 rings (SSSR count). The minimum atomic E-state index is -0.313. The third-order valence-electron chi connectivity index (χ3n) is 2.24. The van der Waals surface area contributed by atoms with Crippen molar-refractivity contribution in [3.8, 4) is 0 Å². The first-order chi connectivity index (χ1) is 5.77. The van der Waals surface area contributed by atoms with E-state index in [1.165, 1.54) is 12.3 Å². The summed E-state index contributed by atoms with van der Waals surface area (Å²) in [7, 11) is 0. The van der Waals surface area contributed by atoms with E-state index in [1.807, 2.05) is 0 Å². The highest BCUT2D eigenvalue weighted by molar-refractivity contribution is 5.85. The summed E-state index contributed by atoms with van der Waals surface area (Å²) >= 11 is 0. The molecule has 0 spiro atoms. The molecule has 3 N–H and O–H groups in total. The van der Waals surface area contributed by atoms with Gasteiger partial charge < -0.3 is 0 Å². The van der Waals surface area contributed by atoms with Crippen LogP contribution in [0, 0.1) is 5.82 Å². The Balaban J connectivity index is 0.000000845. The SMILES string of the molecule is Cl.NNC1(c2ccc(F)cn2)CC1. The quantitative estimate of drug-likeness (QED) is 0.559. The van der Waals surface area contributed by atoms with E-state index in [-0.39, 0.29) is 23.8 Å². The molecule has 72 valence electrons. The molecule has 1 aliphatic rings. The number of hydrogen-bond donors (Lipinski definition) is 2. The van der Waals surface area contributed by atoms with Gasteiger partial charge in [-0.1, -0.05) is 0 Å². The lowest BCUT2D eigenvalue weighted by molar-refractivity contribution is 0.521. The number of hydrazine groups is 1. The Bertz CT molecular complexity index is 284. The fourth-order valence-corrected chi connectivity index (χ4v) is 1.26. The first-order valence-corrected chi connectivity index (χ1v) is 3.87. The Morgan fingerprint density at radius 1 is 1.46 bits per heavy atom. The molecule has 1 aromatic heterocycles. The number of hydrogen-bond acceptors (Lipinski definition) is 3. The molecule has 0 radical (unpaired) electrons. The smallest absolute Gasteiger partial charge is 0.141 e. The average molecular weight is 204 g/mol. The maximum absolute atomic E-state index is 12.5. The van der Waals surface area contributed by atoms with Gasteiger partial charge in [-0.3, -0.25) is 10.8 Å². The monoisotopic (exact) mass is 203 g/mol. The minimum absolute atomic E-state index is 0. The summed E-state index contributed by atoms with van der Waals surface area (Å²) in [6, 6.07) is 3.07. The Labute approximate surface area is 81.9 Å². The van der Waals surface area contributed by atoms with E-state index in [0.29, 0.717) is 0 Å². The summed E-state index contributed by atoms with van der Waals surface area (Å²) in [5, 5.41) is 0. The van der Waals surface area contributed by atoms with E-state index in [2.05, 4.69) is 10.4 Å². The van der Waals surface area contributed by atoms with Gasteiger partial charge >= 0.3 is 0 Å². The van der Waals surface area contributed by atoms with E-state index >= 15 is 0 Å². The summed E-state index contributed by atoms with van der Waals surface area (Å²) in [5.41, 5.74) is 3.36. The number of pyridine rings is 1. The van der Waals surface area contributed by atoms with Crippen LogP contribution < -0.4 is 11.3 Å². The second-order valence-electron chi connectivity index (χ2n) is 3.09. The van der Waals surface area contributed by atoms with E-state index in [9.17, 15) is 4.39 Å². The van der Waals surface area contributed by atoms with Gasteiger partial charge in [0.05, 0.1) is 17.4 Å². The molecule has 0 atom stereocenters. The lowest BCUT2D eigenvalue weighted by Crippen LogP contribution is -2.35. The molecule has 1 aliphatic carbocycles. The Hall–Kier alpha value is -0.710. The fraction of sp³-hybridized carbons (Fsp3) is 0.375. The van der Waals surface area contributed by atoms with Gasteiger partial charge in [0, 0.05) is 0 Å². The second kappa shape index (κ2) is 3.57. The molecule has 0 bridgehead atoms. The van der Waals surface area contributed by atoms with Crippen LogP contribution in [0.1, 0.15) is 18.5 Å². The number of nitrogens with zero attached hydrogens (tertiary/aromatic N) is 1. The minimum Gasteiger partial charge on any atom is -0.271 e. The zero-order chi connectivity index (χ0) is 8.60. The molecule has 0 amide bonds. The molecule has 5 heteroatoms. The molecular weight excluding hydrogens is 193 g/mol. The van der Waals surface area contributed by atoms with E-state index in [0.717, 1.165) is 18.5 Å². The van der Waals surface area contributed by atoms with Crippen LogP contribution in [-0.4, -0.2) is 4.98 Å². The summed E-state index contributed by atoms with van der Waals surface area (Å²) < 4.78 is 12.5. The van der Waals surface area contributed by atoms with Crippen molar-refractivity contribution >= 4 is 12.4 Å². The van der Waals surface area contributed by atoms with Crippen LogP contribution in [0.3, 0.4) is 0 Å². The molecule has 0 aromatic carbocycles. The molecule has 1 heterocycles. The predicted octanol–water partition coefficient (Wildman–Crippen LogP) is 1.09. The third-order valence-corrected chi connectivity index (χ3v) is 2.24. The number of aromatic nitrogens is 1. The molecular formula is C8H11ClFN3. The molecule has 0 saturated heterocycles. The highest BCUT2D eigenvalue weighted by Gasteiger charge is 2.44. The predicted molar refractivity (Wildman–Crippen MR) is 49.7 cm³/mol. The zero-order valence-electron chi connectivity index (χ0n) is 6.96. The van der Waals surface area contributed by atoms with Crippen LogP contribution in [0.5, 0.6) is 0 Å². The summed E-state index contributed by atoms with van der Waals surface area (Å²) in [4.78, 5) is 3.97. The van der Waals surface area contributed by atoms with E-state index in [1.54, 1.807) is 6.07 Å². The van der Waals surface area contributed by atoms with Crippen molar-refractivity contribution in [1.29, 1.82) is 0 Å². The maximum atomic E-state index is 12.5. The largest absolute Gasteiger partial charge is 0.271 e. The van der Waals surface area contributed by atoms with Gasteiger partial charge in [0.2, 0.25) is 0 Å². The van der Waals surface area contributed by atoms with Crippen LogP contribution in [-0.2, 0) is 5.54 Å². The lowest BCUT2D eigenvalue weighted by Gasteiger charge is -2.11. The standard InChI is InChI=1S/C8H10FN3.ClH/c9-6-1-2-7(11-5-6)8(12-10)3-4-8;/h1-2,5,12H,3-4,10H2;1H. The van der Waals surface area contributed by atoms with Crippen molar-refractivity contribution in [3.05, 3.63) is 29.8 Å². The van der Waals surface area contributed by atoms with Crippen molar-refractivity contribution in [2.45, 2.75) is 18.4 Å². The second-order valence-corrected chi connectivity index (χ2v) is 3.09. The molecule has 0 aliphatic heterocycles. The number of rotatable bonds is 2. The topological polar surface area (TPSA) is 50.9 Å². The van der Waals surface area contributed by atoms with Gasteiger partial charge in [-0.2, -0.15) is 0 Å². The van der Waals surface area contributed by atoms with Gasteiger partial charge in [-0.25, -0.2) is 9.82 Å².